The maximum Gasteiger partial charge on any atom is 0.416 e. The van der Waals surface area contributed by atoms with Crippen LogP contribution in [0, 0.1) is 6.92 Å². The van der Waals surface area contributed by atoms with Crippen LogP contribution in [-0.2, 0) is 11.0 Å². The molecule has 0 aliphatic carbocycles. The van der Waals surface area contributed by atoms with Crippen molar-refractivity contribution < 1.29 is 27.3 Å². The summed E-state index contributed by atoms with van der Waals surface area (Å²) in [6.45, 7) is 2.65. The summed E-state index contributed by atoms with van der Waals surface area (Å²) < 4.78 is 45.5. The van der Waals surface area contributed by atoms with Gasteiger partial charge < -0.3 is 9.42 Å². The van der Waals surface area contributed by atoms with Gasteiger partial charge in [0.1, 0.15) is 0 Å². The quantitative estimate of drug-likeness (QED) is 0.644. The largest absolute Gasteiger partial charge is 0.416 e. The van der Waals surface area contributed by atoms with Crippen molar-refractivity contribution in [1.82, 2.24) is 15.5 Å². The van der Waals surface area contributed by atoms with Crippen LogP contribution in [0.5, 0.6) is 0 Å². The molecule has 1 aromatic carbocycles. The first-order valence-corrected chi connectivity index (χ1v) is 10.5. The zero-order chi connectivity index (χ0) is 22.3. The number of amides is 2. The number of hydrogen-bond acceptors (Lipinski definition) is 7. The third-order valence-electron chi connectivity index (χ3n) is 4.98. The Morgan fingerprint density at radius 2 is 2.13 bits per heavy atom. The molecule has 0 bridgehead atoms. The number of alkyl halides is 3. The third kappa shape index (κ3) is 4.57. The Bertz CT molecular complexity index is 1090. The molecule has 7 nitrogen and oxygen atoms in total. The van der Waals surface area contributed by atoms with Crippen LogP contribution >= 0.6 is 23.4 Å². The highest BCUT2D eigenvalue weighted by Gasteiger charge is 2.35. The fraction of sp³-hybridized carbons (Fsp3) is 0.368. The van der Waals surface area contributed by atoms with Gasteiger partial charge in [0.25, 0.3) is 11.1 Å². The Hall–Kier alpha value is -2.53. The van der Waals surface area contributed by atoms with Crippen molar-refractivity contribution in [1.29, 1.82) is 0 Å². The number of nitrogens with one attached hydrogen (secondary N) is 1. The first-order chi connectivity index (χ1) is 14.6. The van der Waals surface area contributed by atoms with Crippen LogP contribution in [0.25, 0.3) is 6.08 Å². The van der Waals surface area contributed by atoms with E-state index in [1.807, 2.05) is 4.90 Å². The molecule has 2 aliphatic heterocycles. The number of benzene rings is 1. The zero-order valence-electron chi connectivity index (χ0n) is 16.1. The Labute approximate surface area is 184 Å². The minimum absolute atomic E-state index is 0.00252. The molecule has 2 amide bonds. The number of anilines is 1. The number of imide groups is 1. The molecule has 164 valence electrons. The number of aryl methyl sites for hydroxylation is 1. The van der Waals surface area contributed by atoms with Gasteiger partial charge in [-0.2, -0.15) is 18.2 Å². The van der Waals surface area contributed by atoms with Crippen LogP contribution < -0.4 is 10.2 Å². The fourth-order valence-electron chi connectivity index (χ4n) is 3.65. The molecule has 2 aromatic rings. The lowest BCUT2D eigenvalue weighted by molar-refractivity contribution is -0.137. The maximum absolute atomic E-state index is 13.4. The van der Waals surface area contributed by atoms with Crippen molar-refractivity contribution in [3.8, 4) is 0 Å². The van der Waals surface area contributed by atoms with E-state index in [0.717, 1.165) is 25.0 Å². The van der Waals surface area contributed by atoms with Gasteiger partial charge in [0, 0.05) is 18.7 Å². The van der Waals surface area contributed by atoms with Gasteiger partial charge in [0.2, 0.25) is 5.89 Å². The number of thioether (sulfide) groups is 1. The van der Waals surface area contributed by atoms with Crippen LogP contribution in [0.15, 0.2) is 21.6 Å². The van der Waals surface area contributed by atoms with Crippen molar-refractivity contribution in [3.63, 3.8) is 0 Å². The summed E-state index contributed by atoms with van der Waals surface area (Å²) >= 11 is 6.95. The number of piperidine rings is 1. The van der Waals surface area contributed by atoms with Crippen LogP contribution in [0.4, 0.5) is 23.7 Å². The second-order valence-electron chi connectivity index (χ2n) is 7.21. The van der Waals surface area contributed by atoms with E-state index in [1.165, 1.54) is 6.08 Å². The normalized spacial score (nSPS) is 21.1. The van der Waals surface area contributed by atoms with E-state index in [-0.39, 0.29) is 21.4 Å². The standard InChI is InChI=1S/C19H16ClF3N4O3S/c1-9-24-17(30-26-9)10-3-2-4-27(8-10)15-11(6-14-16(28)25-18(29)31-14)5-12(7-13(15)20)19(21,22)23/h5-7,10H,2-4,8H2,1H3,(H,25,28,29)/b14-6+. The van der Waals surface area contributed by atoms with Gasteiger partial charge in [-0.05, 0) is 49.7 Å². The summed E-state index contributed by atoms with van der Waals surface area (Å²) in [5.74, 6) is 0.187. The minimum atomic E-state index is -4.62. The molecule has 0 spiro atoms. The summed E-state index contributed by atoms with van der Waals surface area (Å²) in [4.78, 5) is 29.6. The number of carbonyl (C=O) groups is 2. The number of aromatic nitrogens is 2. The third-order valence-corrected chi connectivity index (χ3v) is 6.08. The molecular weight excluding hydrogens is 457 g/mol. The Morgan fingerprint density at radius 1 is 1.35 bits per heavy atom. The molecule has 2 aliphatic rings. The Morgan fingerprint density at radius 3 is 2.74 bits per heavy atom. The van der Waals surface area contributed by atoms with Crippen LogP contribution in [0.3, 0.4) is 0 Å². The predicted octanol–water partition coefficient (Wildman–Crippen LogP) is 4.76. The van der Waals surface area contributed by atoms with Crippen molar-refractivity contribution >= 4 is 46.3 Å². The number of nitrogens with zero attached hydrogens (tertiary/aromatic N) is 3. The predicted molar refractivity (Wildman–Crippen MR) is 109 cm³/mol. The maximum atomic E-state index is 13.4. The topological polar surface area (TPSA) is 88.3 Å². The van der Waals surface area contributed by atoms with Gasteiger partial charge in [0.15, 0.2) is 5.82 Å². The van der Waals surface area contributed by atoms with Crippen LogP contribution in [0.2, 0.25) is 5.02 Å². The first kappa shape index (κ1) is 21.7. The number of halogens is 4. The highest BCUT2D eigenvalue weighted by Crippen LogP contribution is 2.42. The van der Waals surface area contributed by atoms with Gasteiger partial charge in [0.05, 0.1) is 27.1 Å². The fourth-order valence-corrected chi connectivity index (χ4v) is 4.67. The van der Waals surface area contributed by atoms with Gasteiger partial charge in [-0.1, -0.05) is 16.8 Å². The highest BCUT2D eigenvalue weighted by atomic mass is 35.5. The lowest BCUT2D eigenvalue weighted by Gasteiger charge is -2.34. The van der Waals surface area contributed by atoms with Crippen LogP contribution in [-0.4, -0.2) is 34.4 Å². The Balaban J connectivity index is 1.76. The van der Waals surface area contributed by atoms with Gasteiger partial charge in [-0.15, -0.1) is 0 Å². The second-order valence-corrected chi connectivity index (χ2v) is 8.63. The van der Waals surface area contributed by atoms with E-state index in [4.69, 9.17) is 16.1 Å². The highest BCUT2D eigenvalue weighted by molar-refractivity contribution is 8.18. The molecular formula is C19H16ClF3N4O3S. The van der Waals surface area contributed by atoms with Crippen LogP contribution in [0.1, 0.15) is 41.6 Å². The average Bonchev–Trinajstić information content (AvgIpc) is 3.25. The van der Waals surface area contributed by atoms with E-state index >= 15 is 0 Å². The molecule has 1 unspecified atom stereocenters. The first-order valence-electron chi connectivity index (χ1n) is 9.32. The molecule has 3 heterocycles. The SMILES string of the molecule is Cc1noc(C2CCCN(c3c(Cl)cc(C(F)(F)F)cc3/C=C3/SC(=O)NC3=O)C2)n1. The van der Waals surface area contributed by atoms with Gasteiger partial charge >= 0.3 is 6.18 Å². The molecule has 1 N–H and O–H groups in total. The molecule has 4 rings (SSSR count). The zero-order valence-corrected chi connectivity index (χ0v) is 17.7. The lowest BCUT2D eigenvalue weighted by atomic mass is 9.96. The van der Waals surface area contributed by atoms with Crippen molar-refractivity contribution in [2.45, 2.75) is 31.9 Å². The second kappa shape index (κ2) is 8.19. The average molecular weight is 473 g/mol. The molecule has 2 fully saturated rings. The summed E-state index contributed by atoms with van der Waals surface area (Å²) in [5, 5.41) is 5.22. The number of carbonyl (C=O) groups excluding carboxylic acids is 2. The summed E-state index contributed by atoms with van der Waals surface area (Å²) in [7, 11) is 0. The minimum Gasteiger partial charge on any atom is -0.369 e. The molecule has 2 saturated heterocycles. The molecule has 12 heteroatoms. The van der Waals surface area contributed by atoms with Crippen molar-refractivity contribution in [2.75, 3.05) is 18.0 Å². The smallest absolute Gasteiger partial charge is 0.369 e. The van der Waals surface area contributed by atoms with Crippen molar-refractivity contribution in [3.05, 3.63) is 44.9 Å². The summed E-state index contributed by atoms with van der Waals surface area (Å²) in [6.07, 6.45) is -1.85. The number of hydrogen-bond donors (Lipinski definition) is 1. The van der Waals surface area contributed by atoms with E-state index in [1.54, 1.807) is 6.92 Å². The molecule has 0 saturated carbocycles. The molecule has 31 heavy (non-hydrogen) atoms. The lowest BCUT2D eigenvalue weighted by Crippen LogP contribution is -2.35. The molecule has 1 atom stereocenters. The van der Waals surface area contributed by atoms with Gasteiger partial charge in [-0.3, -0.25) is 14.9 Å². The van der Waals surface area contributed by atoms with E-state index in [2.05, 4.69) is 15.5 Å². The van der Waals surface area contributed by atoms with E-state index in [9.17, 15) is 22.8 Å². The summed E-state index contributed by atoms with van der Waals surface area (Å²) in [5.41, 5.74) is -0.477. The molecule has 1 aromatic heterocycles. The summed E-state index contributed by atoms with van der Waals surface area (Å²) in [6, 6.07) is 1.80. The van der Waals surface area contributed by atoms with Crippen molar-refractivity contribution in [2.24, 2.45) is 0 Å². The molecule has 0 radical (unpaired) electrons. The van der Waals surface area contributed by atoms with E-state index < -0.39 is 22.9 Å². The monoisotopic (exact) mass is 472 g/mol. The Kier molecular flexibility index (Phi) is 5.73. The van der Waals surface area contributed by atoms with Gasteiger partial charge in [-0.25, -0.2) is 0 Å². The number of rotatable bonds is 3. The van der Waals surface area contributed by atoms with E-state index in [0.29, 0.717) is 42.3 Å².